The molecule has 2 N–H and O–H groups in total. The minimum atomic E-state index is -0.853. The summed E-state index contributed by atoms with van der Waals surface area (Å²) in [5.74, 6) is -0.679. The molecular formula is C21H19F2N3O3. The molecule has 150 valence electrons. The Kier molecular flexibility index (Phi) is 6.57. The van der Waals surface area contributed by atoms with E-state index < -0.39 is 17.5 Å². The average Bonchev–Trinajstić information content (AvgIpc) is 2.74. The van der Waals surface area contributed by atoms with Gasteiger partial charge < -0.3 is 20.1 Å². The summed E-state index contributed by atoms with van der Waals surface area (Å²) in [5, 5.41) is 5.48. The van der Waals surface area contributed by atoms with Gasteiger partial charge in [-0.05, 0) is 48.5 Å². The molecule has 0 saturated heterocycles. The van der Waals surface area contributed by atoms with E-state index in [4.69, 9.17) is 9.47 Å². The fraction of sp³-hybridized carbons (Fsp3) is 0.143. The second-order valence-corrected chi connectivity index (χ2v) is 5.96. The predicted molar refractivity (Wildman–Crippen MR) is 106 cm³/mol. The number of nitrogens with one attached hydrogen (secondary N) is 2. The van der Waals surface area contributed by atoms with Crippen LogP contribution in [0.15, 0.2) is 60.8 Å². The van der Waals surface area contributed by atoms with E-state index in [-0.39, 0.29) is 11.4 Å². The van der Waals surface area contributed by atoms with Gasteiger partial charge in [-0.1, -0.05) is 0 Å². The van der Waals surface area contributed by atoms with Gasteiger partial charge in [-0.2, -0.15) is 0 Å². The first kappa shape index (κ1) is 20.1. The highest BCUT2D eigenvalue weighted by atomic mass is 19.1. The third-order valence-electron chi connectivity index (χ3n) is 3.93. The number of hydrogen-bond acceptors (Lipinski definition) is 5. The van der Waals surface area contributed by atoms with Crippen LogP contribution in [-0.4, -0.2) is 31.2 Å². The summed E-state index contributed by atoms with van der Waals surface area (Å²) in [5.41, 5.74) is 0.692. The van der Waals surface area contributed by atoms with E-state index in [2.05, 4.69) is 15.6 Å². The molecule has 0 unspecified atom stereocenters. The summed E-state index contributed by atoms with van der Waals surface area (Å²) in [7, 11) is 1.60. The molecule has 0 saturated carbocycles. The molecule has 0 bridgehead atoms. The molecule has 2 aromatic carbocycles. The van der Waals surface area contributed by atoms with Crippen molar-refractivity contribution in [1.29, 1.82) is 0 Å². The number of carbonyl (C=O) groups is 1. The Morgan fingerprint density at radius 2 is 1.79 bits per heavy atom. The number of anilines is 2. The zero-order valence-electron chi connectivity index (χ0n) is 15.6. The van der Waals surface area contributed by atoms with Crippen LogP contribution in [0.2, 0.25) is 0 Å². The van der Waals surface area contributed by atoms with Crippen LogP contribution in [0.4, 0.5) is 20.2 Å². The second-order valence-electron chi connectivity index (χ2n) is 5.96. The number of halogens is 2. The molecule has 29 heavy (non-hydrogen) atoms. The van der Waals surface area contributed by atoms with Crippen LogP contribution >= 0.6 is 0 Å². The molecule has 0 atom stereocenters. The average molecular weight is 399 g/mol. The quantitative estimate of drug-likeness (QED) is 0.558. The first-order valence-electron chi connectivity index (χ1n) is 8.78. The van der Waals surface area contributed by atoms with E-state index in [9.17, 15) is 13.6 Å². The Labute approximate surface area is 166 Å². The van der Waals surface area contributed by atoms with E-state index in [1.807, 2.05) is 24.3 Å². The SMILES string of the molecule is COc1ccc(OCCNc2ccc(C(=O)Nc3ccc(F)cc3F)nc2)cc1. The van der Waals surface area contributed by atoms with Crippen molar-refractivity contribution in [3.63, 3.8) is 0 Å². The van der Waals surface area contributed by atoms with Crippen molar-refractivity contribution in [3.05, 3.63) is 78.1 Å². The minimum Gasteiger partial charge on any atom is -0.497 e. The summed E-state index contributed by atoms with van der Waals surface area (Å²) in [6.45, 7) is 0.957. The molecule has 0 spiro atoms. The highest BCUT2D eigenvalue weighted by Gasteiger charge is 2.11. The predicted octanol–water partition coefficient (Wildman–Crippen LogP) is 4.11. The summed E-state index contributed by atoms with van der Waals surface area (Å²) < 4.78 is 37.2. The monoisotopic (exact) mass is 399 g/mol. The molecule has 0 aliphatic heterocycles. The first-order valence-corrected chi connectivity index (χ1v) is 8.78. The van der Waals surface area contributed by atoms with Gasteiger partial charge in [-0.3, -0.25) is 4.79 Å². The van der Waals surface area contributed by atoms with Gasteiger partial charge in [0.05, 0.1) is 24.7 Å². The highest BCUT2D eigenvalue weighted by Crippen LogP contribution is 2.17. The smallest absolute Gasteiger partial charge is 0.274 e. The fourth-order valence-corrected chi connectivity index (χ4v) is 2.45. The van der Waals surface area contributed by atoms with Gasteiger partial charge in [0, 0.05) is 12.6 Å². The molecule has 3 aromatic rings. The van der Waals surface area contributed by atoms with Crippen LogP contribution in [-0.2, 0) is 0 Å². The van der Waals surface area contributed by atoms with Gasteiger partial charge in [0.1, 0.15) is 35.4 Å². The number of pyridine rings is 1. The number of hydrogen-bond donors (Lipinski definition) is 2. The van der Waals surface area contributed by atoms with Crippen molar-refractivity contribution >= 4 is 17.3 Å². The van der Waals surface area contributed by atoms with E-state index in [1.165, 1.54) is 12.3 Å². The number of aromatic nitrogens is 1. The molecule has 1 amide bonds. The Hall–Kier alpha value is -3.68. The normalized spacial score (nSPS) is 10.3. The summed E-state index contributed by atoms with van der Waals surface area (Å²) >= 11 is 0. The van der Waals surface area contributed by atoms with Gasteiger partial charge in [0.25, 0.3) is 5.91 Å². The van der Waals surface area contributed by atoms with Crippen molar-refractivity contribution in [2.45, 2.75) is 0 Å². The number of methoxy groups -OCH3 is 1. The van der Waals surface area contributed by atoms with Crippen LogP contribution in [0, 0.1) is 11.6 Å². The molecule has 1 heterocycles. The lowest BCUT2D eigenvalue weighted by molar-refractivity contribution is 0.102. The van der Waals surface area contributed by atoms with Crippen molar-refractivity contribution in [2.24, 2.45) is 0 Å². The van der Waals surface area contributed by atoms with E-state index >= 15 is 0 Å². The zero-order valence-corrected chi connectivity index (χ0v) is 15.6. The zero-order chi connectivity index (χ0) is 20.6. The lowest BCUT2D eigenvalue weighted by Crippen LogP contribution is -2.15. The Bertz CT molecular complexity index is 964. The molecule has 0 radical (unpaired) electrons. The van der Waals surface area contributed by atoms with Crippen molar-refractivity contribution in [2.75, 3.05) is 30.9 Å². The van der Waals surface area contributed by atoms with Gasteiger partial charge in [-0.25, -0.2) is 13.8 Å². The van der Waals surface area contributed by atoms with E-state index in [1.54, 1.807) is 13.2 Å². The maximum absolute atomic E-state index is 13.6. The Balaban J connectivity index is 1.47. The maximum Gasteiger partial charge on any atom is 0.274 e. The standard InChI is InChI=1S/C21H19F2N3O3/c1-28-16-4-6-17(7-5-16)29-11-10-24-15-3-9-20(25-13-15)21(27)26-19-8-2-14(22)12-18(19)23/h2-9,12-13,24H,10-11H2,1H3,(H,26,27). The summed E-state index contributed by atoms with van der Waals surface area (Å²) in [6, 6.07) is 13.4. The summed E-state index contributed by atoms with van der Waals surface area (Å²) in [6.07, 6.45) is 1.49. The molecule has 0 fully saturated rings. The van der Waals surface area contributed by atoms with Crippen LogP contribution in [0.3, 0.4) is 0 Å². The number of nitrogens with zero attached hydrogens (tertiary/aromatic N) is 1. The molecule has 0 aliphatic rings. The van der Waals surface area contributed by atoms with Crippen molar-refractivity contribution in [1.82, 2.24) is 4.98 Å². The number of benzene rings is 2. The molecule has 0 aliphatic carbocycles. The summed E-state index contributed by atoms with van der Waals surface area (Å²) in [4.78, 5) is 16.2. The molecular weight excluding hydrogens is 380 g/mol. The van der Waals surface area contributed by atoms with Gasteiger partial charge in [0.2, 0.25) is 0 Å². The van der Waals surface area contributed by atoms with E-state index in [0.717, 1.165) is 23.6 Å². The molecule has 8 heteroatoms. The Morgan fingerprint density at radius 1 is 1.03 bits per heavy atom. The van der Waals surface area contributed by atoms with E-state index in [0.29, 0.717) is 24.9 Å². The number of ether oxygens (including phenoxy) is 2. The lowest BCUT2D eigenvalue weighted by Gasteiger charge is -2.10. The number of carbonyl (C=O) groups excluding carboxylic acids is 1. The van der Waals surface area contributed by atoms with Crippen LogP contribution < -0.4 is 20.1 Å². The molecule has 6 nitrogen and oxygen atoms in total. The second kappa shape index (κ2) is 9.50. The third kappa shape index (κ3) is 5.65. The minimum absolute atomic E-state index is 0.105. The van der Waals surface area contributed by atoms with Crippen LogP contribution in [0.1, 0.15) is 10.5 Å². The van der Waals surface area contributed by atoms with Gasteiger partial charge in [-0.15, -0.1) is 0 Å². The lowest BCUT2D eigenvalue weighted by atomic mass is 10.2. The molecule has 1 aromatic heterocycles. The first-order chi connectivity index (χ1) is 14.0. The van der Waals surface area contributed by atoms with Gasteiger partial charge in [0.15, 0.2) is 0 Å². The third-order valence-corrected chi connectivity index (χ3v) is 3.93. The maximum atomic E-state index is 13.6. The number of rotatable bonds is 8. The largest absolute Gasteiger partial charge is 0.497 e. The van der Waals surface area contributed by atoms with Crippen LogP contribution in [0.5, 0.6) is 11.5 Å². The van der Waals surface area contributed by atoms with Crippen LogP contribution in [0.25, 0.3) is 0 Å². The fourth-order valence-electron chi connectivity index (χ4n) is 2.45. The van der Waals surface area contributed by atoms with Gasteiger partial charge >= 0.3 is 0 Å². The van der Waals surface area contributed by atoms with Crippen molar-refractivity contribution in [3.8, 4) is 11.5 Å². The molecule has 3 rings (SSSR count). The van der Waals surface area contributed by atoms with Crippen molar-refractivity contribution < 1.29 is 23.0 Å². The topological polar surface area (TPSA) is 72.5 Å². The Morgan fingerprint density at radius 3 is 2.45 bits per heavy atom. The number of amides is 1. The highest BCUT2D eigenvalue weighted by molar-refractivity contribution is 6.03.